The maximum Gasteiger partial charge on any atom is 0.124 e. The van der Waals surface area contributed by atoms with Gasteiger partial charge in [0.2, 0.25) is 0 Å². The highest BCUT2D eigenvalue weighted by atomic mass is 35.5. The van der Waals surface area contributed by atoms with Gasteiger partial charge in [-0.3, -0.25) is 0 Å². The Kier molecular flexibility index (Phi) is 3.09. The van der Waals surface area contributed by atoms with E-state index in [1.54, 1.807) is 17.4 Å². The summed E-state index contributed by atoms with van der Waals surface area (Å²) < 4.78 is 13.0. The van der Waals surface area contributed by atoms with E-state index in [0.717, 1.165) is 23.4 Å². The Hall–Kier alpha value is -0.970. The lowest BCUT2D eigenvalue weighted by molar-refractivity contribution is 0.626. The van der Waals surface area contributed by atoms with Crippen LogP contribution in [-0.2, 0) is 12.8 Å². The van der Waals surface area contributed by atoms with Crippen molar-refractivity contribution in [3.63, 3.8) is 0 Å². The van der Waals surface area contributed by atoms with Gasteiger partial charge < -0.3 is 5.73 Å². The fraction of sp³-hybridized carbons (Fsp3) is 0.308. The van der Waals surface area contributed by atoms with Crippen LogP contribution in [0, 0.1) is 5.82 Å². The summed E-state index contributed by atoms with van der Waals surface area (Å²) in [6, 6.07) is 3.93. The number of rotatable bonds is 2. The molecule has 2 N–H and O–H groups in total. The zero-order chi connectivity index (χ0) is 12.7. The van der Waals surface area contributed by atoms with E-state index >= 15 is 0 Å². The molecule has 1 aromatic heterocycles. The predicted octanol–water partition coefficient (Wildman–Crippen LogP) is 3.47. The van der Waals surface area contributed by atoms with E-state index in [-0.39, 0.29) is 11.9 Å². The van der Waals surface area contributed by atoms with Gasteiger partial charge in [0, 0.05) is 9.90 Å². The Labute approximate surface area is 114 Å². The summed E-state index contributed by atoms with van der Waals surface area (Å²) in [4.78, 5) is 5.90. The molecule has 0 bridgehead atoms. The van der Waals surface area contributed by atoms with Crippen molar-refractivity contribution in [3.05, 3.63) is 50.2 Å². The lowest BCUT2D eigenvalue weighted by atomic mass is 10.1. The third-order valence-electron chi connectivity index (χ3n) is 3.18. The van der Waals surface area contributed by atoms with Crippen LogP contribution in [0.4, 0.5) is 4.39 Å². The number of halogens is 2. The first-order valence-electron chi connectivity index (χ1n) is 5.84. The summed E-state index contributed by atoms with van der Waals surface area (Å²) in [5, 5.41) is 1.23. The average Bonchev–Trinajstić information content (AvgIpc) is 2.87. The molecule has 3 rings (SSSR count). The van der Waals surface area contributed by atoms with Crippen LogP contribution in [0.5, 0.6) is 0 Å². The molecule has 1 aliphatic carbocycles. The summed E-state index contributed by atoms with van der Waals surface area (Å²) in [6.45, 7) is 0. The molecule has 0 saturated carbocycles. The summed E-state index contributed by atoms with van der Waals surface area (Å²) in [5.74, 6) is -0.349. The molecule has 1 aliphatic rings. The molecule has 1 heterocycles. The van der Waals surface area contributed by atoms with Gasteiger partial charge >= 0.3 is 0 Å². The topological polar surface area (TPSA) is 38.9 Å². The SMILES string of the molecule is NC(c1nc2c(s1)CCC2)c1ccc(F)cc1Cl. The molecule has 1 atom stereocenters. The molecule has 0 saturated heterocycles. The van der Waals surface area contributed by atoms with Crippen LogP contribution in [0.25, 0.3) is 0 Å². The molecule has 0 spiro atoms. The molecular weight excluding hydrogens is 271 g/mol. The molecule has 0 amide bonds. The van der Waals surface area contributed by atoms with Crippen molar-refractivity contribution in [2.45, 2.75) is 25.3 Å². The van der Waals surface area contributed by atoms with Crippen molar-refractivity contribution in [2.75, 3.05) is 0 Å². The van der Waals surface area contributed by atoms with E-state index in [1.807, 2.05) is 0 Å². The Morgan fingerprint density at radius 3 is 2.94 bits per heavy atom. The van der Waals surface area contributed by atoms with E-state index in [4.69, 9.17) is 17.3 Å². The van der Waals surface area contributed by atoms with Gasteiger partial charge in [-0.2, -0.15) is 0 Å². The minimum Gasteiger partial charge on any atom is -0.318 e. The summed E-state index contributed by atoms with van der Waals surface area (Å²) in [6.07, 6.45) is 3.31. The summed E-state index contributed by atoms with van der Waals surface area (Å²) in [7, 11) is 0. The third-order valence-corrected chi connectivity index (χ3v) is 4.74. The zero-order valence-corrected chi connectivity index (χ0v) is 11.2. The van der Waals surface area contributed by atoms with Crippen LogP contribution < -0.4 is 5.73 Å². The monoisotopic (exact) mass is 282 g/mol. The van der Waals surface area contributed by atoms with Gasteiger partial charge in [-0.15, -0.1) is 11.3 Å². The number of aryl methyl sites for hydroxylation is 2. The first kappa shape index (κ1) is 12.1. The Morgan fingerprint density at radius 2 is 2.22 bits per heavy atom. The Balaban J connectivity index is 1.95. The van der Waals surface area contributed by atoms with Gasteiger partial charge in [0.15, 0.2) is 0 Å². The number of benzene rings is 1. The van der Waals surface area contributed by atoms with Crippen LogP contribution in [-0.4, -0.2) is 4.98 Å². The van der Waals surface area contributed by atoms with Gasteiger partial charge in [0.1, 0.15) is 10.8 Å². The lowest BCUT2D eigenvalue weighted by Crippen LogP contribution is -2.12. The number of aromatic nitrogens is 1. The van der Waals surface area contributed by atoms with Gasteiger partial charge in [0.25, 0.3) is 0 Å². The second-order valence-electron chi connectivity index (χ2n) is 4.42. The van der Waals surface area contributed by atoms with Crippen molar-refractivity contribution in [1.82, 2.24) is 4.98 Å². The number of thiazole rings is 1. The van der Waals surface area contributed by atoms with Gasteiger partial charge in [0.05, 0.1) is 11.7 Å². The second kappa shape index (κ2) is 4.61. The standard InChI is InChI=1S/C13H12ClFN2S/c14-9-6-7(15)4-5-8(9)12(16)13-17-10-2-1-3-11(10)18-13/h4-6,12H,1-3,16H2. The maximum atomic E-state index is 13.0. The molecule has 2 aromatic rings. The van der Waals surface area contributed by atoms with Crippen LogP contribution in [0.3, 0.4) is 0 Å². The zero-order valence-electron chi connectivity index (χ0n) is 9.62. The number of fused-ring (bicyclic) bond motifs is 1. The van der Waals surface area contributed by atoms with E-state index in [9.17, 15) is 4.39 Å². The molecule has 0 aliphatic heterocycles. The van der Waals surface area contributed by atoms with Crippen LogP contribution in [0.1, 0.15) is 33.6 Å². The fourth-order valence-corrected chi connectivity index (χ4v) is 3.69. The fourth-order valence-electron chi connectivity index (χ4n) is 2.23. The molecule has 1 unspecified atom stereocenters. The third kappa shape index (κ3) is 2.05. The van der Waals surface area contributed by atoms with E-state index < -0.39 is 0 Å². The van der Waals surface area contributed by atoms with Crippen molar-refractivity contribution >= 4 is 22.9 Å². The number of hydrogen-bond donors (Lipinski definition) is 1. The van der Waals surface area contributed by atoms with E-state index in [0.29, 0.717) is 5.02 Å². The van der Waals surface area contributed by atoms with Crippen LogP contribution >= 0.6 is 22.9 Å². The Morgan fingerprint density at radius 1 is 1.39 bits per heavy atom. The molecule has 1 aromatic carbocycles. The summed E-state index contributed by atoms with van der Waals surface area (Å²) in [5.41, 5.74) is 8.07. The number of nitrogens with two attached hydrogens (primary N) is 1. The largest absolute Gasteiger partial charge is 0.318 e. The maximum absolute atomic E-state index is 13.0. The van der Waals surface area contributed by atoms with Crippen molar-refractivity contribution < 1.29 is 4.39 Å². The van der Waals surface area contributed by atoms with E-state index in [1.165, 1.54) is 29.1 Å². The smallest absolute Gasteiger partial charge is 0.124 e. The first-order valence-corrected chi connectivity index (χ1v) is 7.03. The van der Waals surface area contributed by atoms with Crippen LogP contribution in [0.15, 0.2) is 18.2 Å². The van der Waals surface area contributed by atoms with Gasteiger partial charge in [-0.1, -0.05) is 17.7 Å². The summed E-state index contributed by atoms with van der Waals surface area (Å²) >= 11 is 7.67. The highest BCUT2D eigenvalue weighted by Crippen LogP contribution is 2.34. The highest BCUT2D eigenvalue weighted by Gasteiger charge is 2.22. The molecule has 0 fully saturated rings. The quantitative estimate of drug-likeness (QED) is 0.916. The number of nitrogens with zero attached hydrogens (tertiary/aromatic N) is 1. The van der Waals surface area contributed by atoms with Crippen molar-refractivity contribution in [1.29, 1.82) is 0 Å². The molecule has 5 heteroatoms. The van der Waals surface area contributed by atoms with Crippen molar-refractivity contribution in [3.8, 4) is 0 Å². The molecule has 18 heavy (non-hydrogen) atoms. The van der Waals surface area contributed by atoms with Crippen molar-refractivity contribution in [2.24, 2.45) is 5.73 Å². The lowest BCUT2D eigenvalue weighted by Gasteiger charge is -2.11. The van der Waals surface area contributed by atoms with Gasteiger partial charge in [-0.05, 0) is 37.0 Å². The van der Waals surface area contributed by atoms with E-state index in [2.05, 4.69) is 4.98 Å². The first-order chi connectivity index (χ1) is 8.65. The molecule has 0 radical (unpaired) electrons. The molecule has 2 nitrogen and oxygen atoms in total. The Bertz CT molecular complexity index is 575. The second-order valence-corrected chi connectivity index (χ2v) is 5.94. The molecule has 94 valence electrons. The number of hydrogen-bond acceptors (Lipinski definition) is 3. The van der Waals surface area contributed by atoms with Gasteiger partial charge in [-0.25, -0.2) is 9.37 Å². The molecular formula is C13H12ClFN2S. The predicted molar refractivity (Wildman–Crippen MR) is 71.6 cm³/mol. The minimum absolute atomic E-state index is 0.349. The van der Waals surface area contributed by atoms with Crippen LogP contribution in [0.2, 0.25) is 5.02 Å². The highest BCUT2D eigenvalue weighted by molar-refractivity contribution is 7.11. The minimum atomic E-state index is -0.367. The average molecular weight is 283 g/mol. The normalized spacial score (nSPS) is 15.7.